The summed E-state index contributed by atoms with van der Waals surface area (Å²) in [5, 5.41) is 14.4. The average molecular weight is 483 g/mol. The summed E-state index contributed by atoms with van der Waals surface area (Å²) in [5.74, 6) is -1.92. The Bertz CT molecular complexity index is 1030. The van der Waals surface area contributed by atoms with Gasteiger partial charge in [-0.3, -0.25) is 4.79 Å². The van der Waals surface area contributed by atoms with Crippen molar-refractivity contribution in [3.8, 4) is 11.1 Å². The molecule has 2 aromatic rings. The largest absolute Gasteiger partial charge is 0.480 e. The van der Waals surface area contributed by atoms with Gasteiger partial charge in [-0.25, -0.2) is 9.59 Å². The number of aliphatic carboxylic acids is 1. The third kappa shape index (κ3) is 6.39. The molecule has 0 fully saturated rings. The standard InChI is InChI=1S/C27H34N2O6/c1-6-22(25(31)32)28-24(30)23(16(2)35-27(3,4)5)29-26(33)34-15-21-19-13-9-7-11-17(19)18-12-8-10-14-20(18)21/h7-14,16,21-23H,6,15H2,1-5H3,(H,28,30)(H,29,33)(H,31,32)/t16-,22+,23+/m1/s1. The Morgan fingerprint density at radius 2 is 1.51 bits per heavy atom. The van der Waals surface area contributed by atoms with Gasteiger partial charge in [0.05, 0.1) is 11.7 Å². The molecule has 8 nitrogen and oxygen atoms in total. The Morgan fingerprint density at radius 1 is 0.971 bits per heavy atom. The molecule has 3 atom stereocenters. The summed E-state index contributed by atoms with van der Waals surface area (Å²) in [5.41, 5.74) is 3.79. The lowest BCUT2D eigenvalue weighted by Crippen LogP contribution is -2.57. The predicted octanol–water partition coefficient (Wildman–Crippen LogP) is 4.08. The summed E-state index contributed by atoms with van der Waals surface area (Å²) in [6.45, 7) is 8.89. The number of hydrogen-bond acceptors (Lipinski definition) is 5. The van der Waals surface area contributed by atoms with Crippen LogP contribution in [0.2, 0.25) is 0 Å². The van der Waals surface area contributed by atoms with E-state index in [-0.39, 0.29) is 18.9 Å². The van der Waals surface area contributed by atoms with Crippen LogP contribution in [0.25, 0.3) is 11.1 Å². The SMILES string of the molecule is CC[C@H](NC(=O)[C@@H](NC(=O)OCC1c2ccccc2-c2ccccc21)[C@@H](C)OC(C)(C)C)C(=O)O. The average Bonchev–Trinajstić information content (AvgIpc) is 3.11. The molecular formula is C27H34N2O6. The lowest BCUT2D eigenvalue weighted by molar-refractivity contribution is -0.143. The summed E-state index contributed by atoms with van der Waals surface area (Å²) in [6.07, 6.45) is -1.31. The molecule has 0 unspecified atom stereocenters. The molecule has 0 bridgehead atoms. The van der Waals surface area contributed by atoms with E-state index in [0.29, 0.717) is 0 Å². The number of hydrogen-bond donors (Lipinski definition) is 3. The van der Waals surface area contributed by atoms with Crippen LogP contribution in [0.5, 0.6) is 0 Å². The molecular weight excluding hydrogens is 448 g/mol. The molecule has 0 aromatic heterocycles. The molecule has 1 aliphatic rings. The molecule has 0 aliphatic heterocycles. The van der Waals surface area contributed by atoms with Gasteiger partial charge in [0.25, 0.3) is 0 Å². The highest BCUT2D eigenvalue weighted by molar-refractivity contribution is 5.89. The van der Waals surface area contributed by atoms with Crippen molar-refractivity contribution in [2.75, 3.05) is 6.61 Å². The first-order valence-corrected chi connectivity index (χ1v) is 11.8. The Balaban J connectivity index is 1.73. The van der Waals surface area contributed by atoms with E-state index in [9.17, 15) is 19.5 Å². The highest BCUT2D eigenvalue weighted by Gasteiger charge is 2.34. The van der Waals surface area contributed by atoms with Gasteiger partial charge in [0.15, 0.2) is 0 Å². The molecule has 1 aliphatic carbocycles. The van der Waals surface area contributed by atoms with E-state index in [1.54, 1.807) is 13.8 Å². The minimum absolute atomic E-state index is 0.0927. The lowest BCUT2D eigenvalue weighted by atomic mass is 9.98. The number of carboxylic acid groups (broad SMARTS) is 1. The van der Waals surface area contributed by atoms with Crippen molar-refractivity contribution in [3.63, 3.8) is 0 Å². The Hall–Kier alpha value is -3.39. The summed E-state index contributed by atoms with van der Waals surface area (Å²) in [7, 11) is 0. The van der Waals surface area contributed by atoms with Gasteiger partial charge >= 0.3 is 12.1 Å². The van der Waals surface area contributed by atoms with Crippen LogP contribution in [0.3, 0.4) is 0 Å². The van der Waals surface area contributed by atoms with Gasteiger partial charge in [-0.15, -0.1) is 0 Å². The van der Waals surface area contributed by atoms with E-state index < -0.39 is 41.8 Å². The smallest absolute Gasteiger partial charge is 0.407 e. The topological polar surface area (TPSA) is 114 Å². The van der Waals surface area contributed by atoms with Gasteiger partial charge in [0, 0.05) is 5.92 Å². The summed E-state index contributed by atoms with van der Waals surface area (Å²) < 4.78 is 11.5. The molecule has 0 spiro atoms. The molecule has 35 heavy (non-hydrogen) atoms. The van der Waals surface area contributed by atoms with Gasteiger partial charge in [-0.05, 0) is 56.4 Å². The normalized spacial score (nSPS) is 15.3. The van der Waals surface area contributed by atoms with Gasteiger partial charge < -0.3 is 25.2 Å². The maximum atomic E-state index is 12.9. The fraction of sp³-hybridized carbons (Fsp3) is 0.444. The van der Waals surface area contributed by atoms with Crippen LogP contribution in [0.15, 0.2) is 48.5 Å². The fourth-order valence-corrected chi connectivity index (χ4v) is 4.39. The highest BCUT2D eigenvalue weighted by atomic mass is 16.6. The van der Waals surface area contributed by atoms with Crippen LogP contribution in [0.1, 0.15) is 58.1 Å². The van der Waals surface area contributed by atoms with Crippen molar-refractivity contribution in [2.45, 2.75) is 70.7 Å². The Labute approximate surface area is 206 Å². The molecule has 0 heterocycles. The minimum Gasteiger partial charge on any atom is -0.480 e. The van der Waals surface area contributed by atoms with E-state index in [1.165, 1.54) is 0 Å². The number of nitrogens with one attached hydrogen (secondary N) is 2. The van der Waals surface area contributed by atoms with Gasteiger partial charge in [0.2, 0.25) is 5.91 Å². The molecule has 0 saturated heterocycles. The first kappa shape index (κ1) is 26.2. The lowest BCUT2D eigenvalue weighted by Gasteiger charge is -2.31. The quantitative estimate of drug-likeness (QED) is 0.496. The summed E-state index contributed by atoms with van der Waals surface area (Å²) >= 11 is 0. The number of carboxylic acids is 1. The van der Waals surface area contributed by atoms with Crippen molar-refractivity contribution < 1.29 is 29.0 Å². The molecule has 2 amide bonds. The van der Waals surface area contributed by atoms with E-state index in [0.717, 1.165) is 22.3 Å². The number of fused-ring (bicyclic) bond motifs is 3. The number of rotatable bonds is 9. The van der Waals surface area contributed by atoms with Gasteiger partial charge in [-0.1, -0.05) is 55.5 Å². The van der Waals surface area contributed by atoms with Crippen molar-refractivity contribution >= 4 is 18.0 Å². The molecule has 3 rings (SSSR count). The van der Waals surface area contributed by atoms with Crippen molar-refractivity contribution in [1.82, 2.24) is 10.6 Å². The van der Waals surface area contributed by atoms with Crippen molar-refractivity contribution in [3.05, 3.63) is 59.7 Å². The van der Waals surface area contributed by atoms with E-state index in [4.69, 9.17) is 9.47 Å². The van der Waals surface area contributed by atoms with Crippen LogP contribution < -0.4 is 10.6 Å². The fourth-order valence-electron chi connectivity index (χ4n) is 4.39. The van der Waals surface area contributed by atoms with E-state index >= 15 is 0 Å². The molecule has 3 N–H and O–H groups in total. The zero-order valence-corrected chi connectivity index (χ0v) is 20.8. The molecule has 0 radical (unpaired) electrons. The molecule has 0 saturated carbocycles. The van der Waals surface area contributed by atoms with Gasteiger partial charge in [-0.2, -0.15) is 0 Å². The van der Waals surface area contributed by atoms with Crippen LogP contribution in [-0.2, 0) is 19.1 Å². The number of carbonyl (C=O) groups is 3. The number of amides is 2. The second-order valence-corrected chi connectivity index (χ2v) is 9.69. The molecule has 2 aromatic carbocycles. The Kier molecular flexibility index (Phi) is 8.17. The maximum absolute atomic E-state index is 12.9. The first-order valence-electron chi connectivity index (χ1n) is 11.8. The minimum atomic E-state index is -1.15. The number of benzene rings is 2. The second-order valence-electron chi connectivity index (χ2n) is 9.69. The summed E-state index contributed by atoms with van der Waals surface area (Å²) in [6, 6.07) is 13.8. The molecule has 188 valence electrons. The van der Waals surface area contributed by atoms with E-state index in [1.807, 2.05) is 69.3 Å². The zero-order valence-electron chi connectivity index (χ0n) is 20.8. The number of alkyl carbamates (subject to hydrolysis) is 1. The van der Waals surface area contributed by atoms with Crippen LogP contribution in [0, 0.1) is 0 Å². The molecule has 8 heteroatoms. The number of carbonyl (C=O) groups excluding carboxylic acids is 2. The third-order valence-electron chi connectivity index (χ3n) is 5.93. The van der Waals surface area contributed by atoms with Crippen molar-refractivity contribution in [1.29, 1.82) is 0 Å². The monoisotopic (exact) mass is 482 g/mol. The van der Waals surface area contributed by atoms with Crippen LogP contribution in [-0.4, -0.2) is 53.5 Å². The van der Waals surface area contributed by atoms with Crippen LogP contribution >= 0.6 is 0 Å². The third-order valence-corrected chi connectivity index (χ3v) is 5.93. The van der Waals surface area contributed by atoms with Crippen molar-refractivity contribution in [2.24, 2.45) is 0 Å². The maximum Gasteiger partial charge on any atom is 0.407 e. The van der Waals surface area contributed by atoms with Gasteiger partial charge in [0.1, 0.15) is 18.7 Å². The number of ether oxygens (including phenoxy) is 2. The highest BCUT2D eigenvalue weighted by Crippen LogP contribution is 2.44. The first-order chi connectivity index (χ1) is 16.5. The van der Waals surface area contributed by atoms with Crippen LogP contribution in [0.4, 0.5) is 4.79 Å². The van der Waals surface area contributed by atoms with E-state index in [2.05, 4.69) is 10.6 Å². The second kappa shape index (κ2) is 10.9. The predicted molar refractivity (Wildman–Crippen MR) is 132 cm³/mol. The summed E-state index contributed by atoms with van der Waals surface area (Å²) in [4.78, 5) is 37.2. The Morgan fingerprint density at radius 3 is 2.00 bits per heavy atom. The zero-order chi connectivity index (χ0) is 25.8.